The summed E-state index contributed by atoms with van der Waals surface area (Å²) in [7, 11) is 0. The van der Waals surface area contributed by atoms with Crippen molar-refractivity contribution in [1.82, 2.24) is 14.9 Å². The van der Waals surface area contributed by atoms with E-state index in [9.17, 15) is 4.79 Å². The first-order valence-corrected chi connectivity index (χ1v) is 9.99. The van der Waals surface area contributed by atoms with Crippen molar-refractivity contribution in [2.45, 2.75) is 46.6 Å². The highest BCUT2D eigenvalue weighted by Gasteiger charge is 2.11. The van der Waals surface area contributed by atoms with E-state index in [1.165, 1.54) is 11.1 Å². The molecule has 0 fully saturated rings. The SMILES string of the molecule is CCC(=O)NCCc1nc2ccccc2n1CCCOc1ccc(C)cc1C. The second-order valence-corrected chi connectivity index (χ2v) is 7.09. The van der Waals surface area contributed by atoms with Crippen LogP contribution in [-0.2, 0) is 17.8 Å². The zero-order valence-electron chi connectivity index (χ0n) is 17.0. The minimum absolute atomic E-state index is 0.0736. The van der Waals surface area contributed by atoms with Crippen LogP contribution < -0.4 is 10.1 Å². The van der Waals surface area contributed by atoms with Gasteiger partial charge < -0.3 is 14.6 Å². The molecular weight excluding hydrogens is 350 g/mol. The van der Waals surface area contributed by atoms with Crippen LogP contribution in [0.2, 0.25) is 0 Å². The van der Waals surface area contributed by atoms with Crippen molar-refractivity contribution >= 4 is 16.9 Å². The van der Waals surface area contributed by atoms with Crippen LogP contribution in [0.5, 0.6) is 5.75 Å². The molecule has 0 atom stereocenters. The van der Waals surface area contributed by atoms with E-state index in [0.717, 1.165) is 42.0 Å². The van der Waals surface area contributed by atoms with E-state index in [4.69, 9.17) is 9.72 Å². The molecule has 3 aromatic rings. The van der Waals surface area contributed by atoms with Crippen LogP contribution in [0, 0.1) is 13.8 Å². The van der Waals surface area contributed by atoms with Crippen LogP contribution in [0.1, 0.15) is 36.7 Å². The maximum atomic E-state index is 11.5. The fraction of sp³-hybridized carbons (Fsp3) is 0.391. The molecule has 1 aromatic heterocycles. The highest BCUT2D eigenvalue weighted by Crippen LogP contribution is 2.20. The average molecular weight is 380 g/mol. The van der Waals surface area contributed by atoms with Gasteiger partial charge in [-0.25, -0.2) is 4.98 Å². The van der Waals surface area contributed by atoms with Crippen molar-refractivity contribution in [3.8, 4) is 5.75 Å². The third-order valence-corrected chi connectivity index (χ3v) is 4.84. The molecule has 28 heavy (non-hydrogen) atoms. The Labute approximate surface area is 166 Å². The number of carbonyl (C=O) groups is 1. The molecular formula is C23H29N3O2. The predicted molar refractivity (Wildman–Crippen MR) is 113 cm³/mol. The average Bonchev–Trinajstić information content (AvgIpc) is 3.04. The summed E-state index contributed by atoms with van der Waals surface area (Å²) in [6.45, 7) is 8.13. The first-order valence-electron chi connectivity index (χ1n) is 9.99. The monoisotopic (exact) mass is 379 g/mol. The number of ether oxygens (including phenoxy) is 1. The second kappa shape index (κ2) is 9.40. The number of aromatic nitrogens is 2. The van der Waals surface area contributed by atoms with Crippen molar-refractivity contribution in [2.75, 3.05) is 13.2 Å². The van der Waals surface area contributed by atoms with E-state index in [1.54, 1.807) is 0 Å². The Morgan fingerprint density at radius 2 is 2.00 bits per heavy atom. The van der Waals surface area contributed by atoms with Gasteiger partial charge >= 0.3 is 0 Å². The molecule has 0 unspecified atom stereocenters. The zero-order chi connectivity index (χ0) is 19.9. The summed E-state index contributed by atoms with van der Waals surface area (Å²) in [5.74, 6) is 2.03. The highest BCUT2D eigenvalue weighted by molar-refractivity contribution is 5.76. The lowest BCUT2D eigenvalue weighted by Gasteiger charge is -2.12. The van der Waals surface area contributed by atoms with Gasteiger partial charge in [-0.15, -0.1) is 0 Å². The van der Waals surface area contributed by atoms with Gasteiger partial charge in [0, 0.05) is 25.9 Å². The van der Waals surface area contributed by atoms with Crippen LogP contribution in [-0.4, -0.2) is 28.6 Å². The van der Waals surface area contributed by atoms with Gasteiger partial charge in [-0.2, -0.15) is 0 Å². The number of benzene rings is 2. The van der Waals surface area contributed by atoms with Gasteiger partial charge in [-0.1, -0.05) is 36.8 Å². The number of aryl methyl sites for hydroxylation is 3. The number of hydrogen-bond donors (Lipinski definition) is 1. The van der Waals surface area contributed by atoms with Crippen molar-refractivity contribution in [3.05, 3.63) is 59.4 Å². The van der Waals surface area contributed by atoms with Crippen molar-refractivity contribution < 1.29 is 9.53 Å². The maximum Gasteiger partial charge on any atom is 0.219 e. The number of fused-ring (bicyclic) bond motifs is 1. The van der Waals surface area contributed by atoms with Crippen LogP contribution in [0.4, 0.5) is 0 Å². The summed E-state index contributed by atoms with van der Waals surface area (Å²) in [6, 6.07) is 14.4. The van der Waals surface area contributed by atoms with Gasteiger partial charge in [0.2, 0.25) is 5.91 Å². The Bertz CT molecular complexity index is 946. The van der Waals surface area contributed by atoms with E-state index in [1.807, 2.05) is 31.2 Å². The van der Waals surface area contributed by atoms with Crippen LogP contribution in [0.3, 0.4) is 0 Å². The number of nitrogens with zero attached hydrogens (tertiary/aromatic N) is 2. The van der Waals surface area contributed by atoms with Gasteiger partial charge in [0.1, 0.15) is 11.6 Å². The number of amides is 1. The standard InChI is InChI=1S/C23H29N3O2/c1-4-23(27)24-13-12-22-25-19-8-5-6-9-20(19)26(22)14-7-15-28-21-11-10-17(2)16-18(21)3/h5-6,8-11,16H,4,7,12-15H2,1-3H3,(H,24,27). The quantitative estimate of drug-likeness (QED) is 0.567. The van der Waals surface area contributed by atoms with Gasteiger partial charge in [-0.3, -0.25) is 4.79 Å². The summed E-state index contributed by atoms with van der Waals surface area (Å²) < 4.78 is 8.23. The molecule has 0 saturated carbocycles. The van der Waals surface area contributed by atoms with Gasteiger partial charge in [-0.05, 0) is 44.0 Å². The fourth-order valence-electron chi connectivity index (χ4n) is 3.37. The number of nitrogens with one attached hydrogen (secondary N) is 1. The zero-order valence-corrected chi connectivity index (χ0v) is 17.0. The molecule has 5 heteroatoms. The Balaban J connectivity index is 1.63. The molecule has 3 rings (SSSR count). The minimum Gasteiger partial charge on any atom is -0.493 e. The molecule has 0 saturated heterocycles. The van der Waals surface area contributed by atoms with E-state index < -0.39 is 0 Å². The van der Waals surface area contributed by atoms with Crippen molar-refractivity contribution in [1.29, 1.82) is 0 Å². The lowest BCUT2D eigenvalue weighted by atomic mass is 10.1. The Morgan fingerprint density at radius 1 is 1.18 bits per heavy atom. The summed E-state index contributed by atoms with van der Waals surface area (Å²) in [6.07, 6.45) is 2.12. The number of rotatable bonds is 9. The third-order valence-electron chi connectivity index (χ3n) is 4.84. The molecule has 0 radical (unpaired) electrons. The fourth-order valence-corrected chi connectivity index (χ4v) is 3.37. The molecule has 148 valence electrons. The normalized spacial score (nSPS) is 11.0. The van der Waals surface area contributed by atoms with Gasteiger partial charge in [0.05, 0.1) is 17.6 Å². The van der Waals surface area contributed by atoms with Gasteiger partial charge in [0.25, 0.3) is 0 Å². The summed E-state index contributed by atoms with van der Waals surface area (Å²) in [4.78, 5) is 16.3. The van der Waals surface area contributed by atoms with E-state index in [2.05, 4.69) is 41.9 Å². The molecule has 5 nitrogen and oxygen atoms in total. The summed E-state index contributed by atoms with van der Waals surface area (Å²) in [5.41, 5.74) is 4.54. The molecule has 1 amide bonds. The lowest BCUT2D eigenvalue weighted by molar-refractivity contribution is -0.120. The molecule has 0 aliphatic carbocycles. The summed E-state index contributed by atoms with van der Waals surface area (Å²) in [5, 5.41) is 2.93. The Kier molecular flexibility index (Phi) is 6.69. The molecule has 0 aliphatic heterocycles. The molecule has 0 bridgehead atoms. The largest absolute Gasteiger partial charge is 0.493 e. The Hall–Kier alpha value is -2.82. The molecule has 2 aromatic carbocycles. The van der Waals surface area contributed by atoms with E-state index >= 15 is 0 Å². The number of hydrogen-bond acceptors (Lipinski definition) is 3. The smallest absolute Gasteiger partial charge is 0.219 e. The summed E-state index contributed by atoms with van der Waals surface area (Å²) >= 11 is 0. The van der Waals surface area contributed by atoms with Crippen molar-refractivity contribution in [3.63, 3.8) is 0 Å². The van der Waals surface area contributed by atoms with E-state index in [-0.39, 0.29) is 5.91 Å². The highest BCUT2D eigenvalue weighted by atomic mass is 16.5. The molecule has 0 aliphatic rings. The molecule has 1 N–H and O–H groups in total. The van der Waals surface area contributed by atoms with Gasteiger partial charge in [0.15, 0.2) is 0 Å². The molecule has 0 spiro atoms. The third kappa shape index (κ3) is 4.91. The number of carbonyl (C=O) groups excluding carboxylic acids is 1. The maximum absolute atomic E-state index is 11.5. The van der Waals surface area contributed by atoms with Crippen LogP contribution in [0.15, 0.2) is 42.5 Å². The minimum atomic E-state index is 0.0736. The van der Waals surface area contributed by atoms with Crippen LogP contribution >= 0.6 is 0 Å². The first-order chi connectivity index (χ1) is 13.6. The lowest BCUT2D eigenvalue weighted by Crippen LogP contribution is -2.25. The van der Waals surface area contributed by atoms with Crippen molar-refractivity contribution in [2.24, 2.45) is 0 Å². The second-order valence-electron chi connectivity index (χ2n) is 7.09. The Morgan fingerprint density at radius 3 is 2.79 bits per heavy atom. The van der Waals surface area contributed by atoms with Crippen LogP contribution in [0.25, 0.3) is 11.0 Å². The number of imidazole rings is 1. The molecule has 1 heterocycles. The van der Waals surface area contributed by atoms with E-state index in [0.29, 0.717) is 19.6 Å². The topological polar surface area (TPSA) is 56.2 Å². The predicted octanol–water partition coefficient (Wildman–Crippen LogP) is 4.19. The first kappa shape index (κ1) is 19.9. The number of para-hydroxylation sites is 2.